The smallest absolute Gasteiger partial charge is 0.130 e. The van der Waals surface area contributed by atoms with Gasteiger partial charge >= 0.3 is 0 Å². The van der Waals surface area contributed by atoms with Gasteiger partial charge in [0.15, 0.2) is 0 Å². The third kappa shape index (κ3) is 3.12. The number of hydrogen-bond acceptors (Lipinski definition) is 0. The van der Waals surface area contributed by atoms with Crippen LogP contribution in [0.2, 0.25) is 0 Å². The Labute approximate surface area is 119 Å². The summed E-state index contributed by atoms with van der Waals surface area (Å²) in [5.74, 6) is -2.88. The van der Waals surface area contributed by atoms with Gasteiger partial charge in [-0.3, -0.25) is 0 Å². The van der Waals surface area contributed by atoms with E-state index >= 15 is 0 Å². The zero-order chi connectivity index (χ0) is 14.9. The molecule has 0 aliphatic carbocycles. The minimum Gasteiger partial charge on any atom is -0.207 e. The summed E-state index contributed by atoms with van der Waals surface area (Å²) in [5.41, 5.74) is 0.522. The highest BCUT2D eigenvalue weighted by Crippen LogP contribution is 2.29. The quantitative estimate of drug-likeness (QED) is 0.548. The zero-order valence-electron chi connectivity index (χ0n) is 10.6. The number of aryl methyl sites for hydroxylation is 1. The molecular weight excluding hydrogens is 292 g/mol. The first-order valence-electron chi connectivity index (χ1n) is 5.92. The normalized spacial score (nSPS) is 12.5. The van der Waals surface area contributed by atoms with Crippen LogP contribution >= 0.6 is 11.6 Å². The fourth-order valence-corrected chi connectivity index (χ4v) is 2.24. The number of hydrogen-bond donors (Lipinski definition) is 0. The summed E-state index contributed by atoms with van der Waals surface area (Å²) in [6.45, 7) is 1.49. The lowest BCUT2D eigenvalue weighted by atomic mass is 10.0. The monoisotopic (exact) mass is 302 g/mol. The third-order valence-corrected chi connectivity index (χ3v) is 3.42. The van der Waals surface area contributed by atoms with Crippen LogP contribution in [0.4, 0.5) is 17.6 Å². The fraction of sp³-hybridized carbons (Fsp3) is 0.200. The number of halogens is 5. The number of benzene rings is 2. The van der Waals surface area contributed by atoms with Gasteiger partial charge in [0.25, 0.3) is 0 Å². The Balaban J connectivity index is 2.28. The molecule has 2 aromatic carbocycles. The van der Waals surface area contributed by atoms with E-state index in [1.807, 2.05) is 0 Å². The Bertz CT molecular complexity index is 640. The summed E-state index contributed by atoms with van der Waals surface area (Å²) in [5, 5.41) is -0.866. The first kappa shape index (κ1) is 14.9. The van der Waals surface area contributed by atoms with Crippen molar-refractivity contribution in [3.05, 3.63) is 70.3 Å². The van der Waals surface area contributed by atoms with Gasteiger partial charge in [0.1, 0.15) is 23.3 Å². The molecule has 2 rings (SSSR count). The first-order chi connectivity index (χ1) is 9.38. The van der Waals surface area contributed by atoms with Gasteiger partial charge in [-0.2, -0.15) is 0 Å². The standard InChI is InChI=1S/C15H11ClF4/c1-8-4-11(15(20)7-13(8)18)12(16)5-9-2-3-10(17)6-14(9)19/h2-4,6-7,12H,5H2,1H3. The van der Waals surface area contributed by atoms with Crippen molar-refractivity contribution in [3.8, 4) is 0 Å². The minimum absolute atomic E-state index is 0.0182. The van der Waals surface area contributed by atoms with Crippen LogP contribution in [-0.4, -0.2) is 0 Å². The van der Waals surface area contributed by atoms with Gasteiger partial charge in [0.2, 0.25) is 0 Å². The fourth-order valence-electron chi connectivity index (χ4n) is 1.91. The van der Waals surface area contributed by atoms with E-state index in [1.165, 1.54) is 19.1 Å². The summed E-state index contributed by atoms with van der Waals surface area (Å²) in [6, 6.07) is 5.15. The highest BCUT2D eigenvalue weighted by atomic mass is 35.5. The number of alkyl halides is 1. The second-order valence-corrected chi connectivity index (χ2v) is 5.06. The molecular formula is C15H11ClF4. The largest absolute Gasteiger partial charge is 0.207 e. The van der Waals surface area contributed by atoms with E-state index < -0.39 is 28.6 Å². The van der Waals surface area contributed by atoms with E-state index in [9.17, 15) is 17.6 Å². The van der Waals surface area contributed by atoms with Crippen molar-refractivity contribution in [2.45, 2.75) is 18.7 Å². The molecule has 2 aromatic rings. The van der Waals surface area contributed by atoms with Crippen LogP contribution in [0.1, 0.15) is 22.1 Å². The van der Waals surface area contributed by atoms with Crippen molar-refractivity contribution in [3.63, 3.8) is 0 Å². The summed E-state index contributed by atoms with van der Waals surface area (Å²) >= 11 is 6.06. The van der Waals surface area contributed by atoms with Crippen LogP contribution in [0.3, 0.4) is 0 Å². The maximum absolute atomic E-state index is 13.7. The van der Waals surface area contributed by atoms with Crippen LogP contribution in [0.25, 0.3) is 0 Å². The van der Waals surface area contributed by atoms with E-state index in [0.717, 1.165) is 18.2 Å². The molecule has 1 atom stereocenters. The summed E-state index contributed by atoms with van der Waals surface area (Å²) in [4.78, 5) is 0. The van der Waals surface area contributed by atoms with Crippen LogP contribution in [0.5, 0.6) is 0 Å². The van der Waals surface area contributed by atoms with Gasteiger partial charge in [0, 0.05) is 17.7 Å². The van der Waals surface area contributed by atoms with E-state index in [0.29, 0.717) is 0 Å². The Morgan fingerprint density at radius 3 is 2.30 bits per heavy atom. The molecule has 0 spiro atoms. The van der Waals surface area contributed by atoms with Crippen molar-refractivity contribution in [1.29, 1.82) is 0 Å². The summed E-state index contributed by atoms with van der Waals surface area (Å²) in [7, 11) is 0. The van der Waals surface area contributed by atoms with Crippen LogP contribution in [0, 0.1) is 30.2 Å². The molecule has 0 heterocycles. The van der Waals surface area contributed by atoms with Crippen molar-refractivity contribution in [2.24, 2.45) is 0 Å². The SMILES string of the molecule is Cc1cc(C(Cl)Cc2ccc(F)cc2F)c(F)cc1F. The molecule has 0 aliphatic rings. The molecule has 0 nitrogen and oxygen atoms in total. The highest BCUT2D eigenvalue weighted by Gasteiger charge is 2.18. The number of rotatable bonds is 3. The second-order valence-electron chi connectivity index (χ2n) is 4.53. The first-order valence-corrected chi connectivity index (χ1v) is 6.35. The predicted molar refractivity (Wildman–Crippen MR) is 69.8 cm³/mol. The molecule has 1 unspecified atom stereocenters. The van der Waals surface area contributed by atoms with Crippen molar-refractivity contribution in [2.75, 3.05) is 0 Å². The molecule has 0 aromatic heterocycles. The molecule has 0 saturated heterocycles. The van der Waals surface area contributed by atoms with E-state index in [2.05, 4.69) is 0 Å². The van der Waals surface area contributed by atoms with Gasteiger partial charge in [-0.05, 0) is 36.6 Å². The second kappa shape index (κ2) is 5.83. The van der Waals surface area contributed by atoms with Crippen LogP contribution in [-0.2, 0) is 6.42 Å². The molecule has 0 amide bonds. The third-order valence-electron chi connectivity index (χ3n) is 3.03. The highest BCUT2D eigenvalue weighted by molar-refractivity contribution is 6.21. The zero-order valence-corrected chi connectivity index (χ0v) is 11.3. The molecule has 0 fully saturated rings. The summed E-state index contributed by atoms with van der Waals surface area (Å²) < 4.78 is 53.2. The van der Waals surface area contributed by atoms with Crippen LogP contribution in [0.15, 0.2) is 30.3 Å². The van der Waals surface area contributed by atoms with Gasteiger partial charge in [-0.1, -0.05) is 6.07 Å². The summed E-state index contributed by atoms with van der Waals surface area (Å²) in [6.07, 6.45) is -0.0182. The van der Waals surface area contributed by atoms with Crippen LogP contribution < -0.4 is 0 Å². The van der Waals surface area contributed by atoms with Gasteiger partial charge < -0.3 is 0 Å². The van der Waals surface area contributed by atoms with Crippen molar-refractivity contribution >= 4 is 11.6 Å². The molecule has 5 heteroatoms. The lowest BCUT2D eigenvalue weighted by Crippen LogP contribution is -2.03. The average molecular weight is 303 g/mol. The predicted octanol–water partition coefficient (Wildman–Crippen LogP) is 5.07. The van der Waals surface area contributed by atoms with Gasteiger partial charge in [-0.25, -0.2) is 17.6 Å². The maximum Gasteiger partial charge on any atom is 0.130 e. The van der Waals surface area contributed by atoms with Gasteiger partial charge in [-0.15, -0.1) is 11.6 Å². The lowest BCUT2D eigenvalue weighted by molar-refractivity contribution is 0.556. The molecule has 0 N–H and O–H groups in total. The minimum atomic E-state index is -0.866. The Kier molecular flexibility index (Phi) is 4.33. The Morgan fingerprint density at radius 2 is 1.65 bits per heavy atom. The molecule has 0 bridgehead atoms. The average Bonchev–Trinajstić information content (AvgIpc) is 2.37. The van der Waals surface area contributed by atoms with Crippen molar-refractivity contribution < 1.29 is 17.6 Å². The Morgan fingerprint density at radius 1 is 0.950 bits per heavy atom. The van der Waals surface area contributed by atoms with E-state index in [4.69, 9.17) is 11.6 Å². The molecule has 0 saturated carbocycles. The molecule has 0 aliphatic heterocycles. The van der Waals surface area contributed by atoms with E-state index in [1.54, 1.807) is 0 Å². The molecule has 0 radical (unpaired) electrons. The maximum atomic E-state index is 13.7. The van der Waals surface area contributed by atoms with E-state index in [-0.39, 0.29) is 23.1 Å². The molecule has 106 valence electrons. The van der Waals surface area contributed by atoms with Crippen molar-refractivity contribution in [1.82, 2.24) is 0 Å². The lowest BCUT2D eigenvalue weighted by Gasteiger charge is -2.13. The van der Waals surface area contributed by atoms with Gasteiger partial charge in [0.05, 0.1) is 5.38 Å². The Hall–Kier alpha value is -1.55. The topological polar surface area (TPSA) is 0 Å². The molecule has 20 heavy (non-hydrogen) atoms.